The molecule has 0 unspecified atom stereocenters. The number of benzene rings is 3. The van der Waals surface area contributed by atoms with Crippen LogP contribution in [0.2, 0.25) is 0 Å². The van der Waals surface area contributed by atoms with Crippen LogP contribution in [0.3, 0.4) is 0 Å². The van der Waals surface area contributed by atoms with Gasteiger partial charge in [0.15, 0.2) is 0 Å². The molecule has 2 amide bonds. The predicted molar refractivity (Wildman–Crippen MR) is 130 cm³/mol. The SMILES string of the molecule is COc1ccccc1CCC(=O)N1CC[C@](Cc2ccccc2-c2ccccc2)(C(N)=O)C1. The van der Waals surface area contributed by atoms with E-state index in [9.17, 15) is 9.59 Å². The third-order valence-corrected chi connectivity index (χ3v) is 6.66. The molecular formula is C28H30N2O3. The van der Waals surface area contributed by atoms with E-state index in [1.54, 1.807) is 12.0 Å². The average Bonchev–Trinajstić information content (AvgIpc) is 3.29. The molecule has 1 heterocycles. The summed E-state index contributed by atoms with van der Waals surface area (Å²) >= 11 is 0. The van der Waals surface area contributed by atoms with Crippen molar-refractivity contribution in [2.24, 2.45) is 11.1 Å². The van der Waals surface area contributed by atoms with E-state index in [0.717, 1.165) is 28.0 Å². The molecule has 0 radical (unpaired) electrons. The summed E-state index contributed by atoms with van der Waals surface area (Å²) in [5.74, 6) is 0.487. The number of nitrogens with zero attached hydrogens (tertiary/aromatic N) is 1. The number of carbonyl (C=O) groups is 2. The number of ether oxygens (including phenoxy) is 1. The first-order valence-corrected chi connectivity index (χ1v) is 11.4. The molecular weight excluding hydrogens is 412 g/mol. The molecule has 0 aromatic heterocycles. The standard InChI is InChI=1S/C28H30N2O3/c1-33-25-14-8-6-11-22(25)15-16-26(31)30-18-17-28(20-30,27(29)32)19-23-12-5-7-13-24(23)21-9-3-2-4-10-21/h2-14H,15-20H2,1H3,(H2,29,32)/t28-/m1/s1. The second kappa shape index (κ2) is 9.90. The van der Waals surface area contributed by atoms with Crippen molar-refractivity contribution in [3.05, 3.63) is 90.0 Å². The summed E-state index contributed by atoms with van der Waals surface area (Å²) in [6, 6.07) is 26.0. The van der Waals surface area contributed by atoms with Crippen LogP contribution in [0.25, 0.3) is 11.1 Å². The fourth-order valence-electron chi connectivity index (χ4n) is 4.77. The number of hydrogen-bond donors (Lipinski definition) is 1. The first kappa shape index (κ1) is 22.6. The van der Waals surface area contributed by atoms with Gasteiger partial charge in [0, 0.05) is 19.5 Å². The lowest BCUT2D eigenvalue weighted by Gasteiger charge is -2.27. The van der Waals surface area contributed by atoms with Gasteiger partial charge in [-0.15, -0.1) is 0 Å². The molecule has 1 fully saturated rings. The van der Waals surface area contributed by atoms with E-state index in [0.29, 0.717) is 38.8 Å². The molecule has 1 atom stereocenters. The quantitative estimate of drug-likeness (QED) is 0.567. The predicted octanol–water partition coefficient (Wildman–Crippen LogP) is 4.24. The fourth-order valence-corrected chi connectivity index (χ4v) is 4.77. The molecule has 1 aliphatic heterocycles. The Kier molecular flexibility index (Phi) is 6.78. The Hall–Kier alpha value is -3.60. The van der Waals surface area contributed by atoms with Crippen LogP contribution >= 0.6 is 0 Å². The highest BCUT2D eigenvalue weighted by Crippen LogP contribution is 2.37. The summed E-state index contributed by atoms with van der Waals surface area (Å²) in [5.41, 5.74) is 9.47. The molecule has 0 bridgehead atoms. The second-order valence-corrected chi connectivity index (χ2v) is 8.72. The van der Waals surface area contributed by atoms with Crippen molar-refractivity contribution in [3.63, 3.8) is 0 Å². The van der Waals surface area contributed by atoms with E-state index in [4.69, 9.17) is 10.5 Å². The molecule has 1 saturated heterocycles. The Labute approximate surface area is 195 Å². The molecule has 170 valence electrons. The van der Waals surface area contributed by atoms with Crippen molar-refractivity contribution >= 4 is 11.8 Å². The van der Waals surface area contributed by atoms with Gasteiger partial charge in [0.05, 0.1) is 12.5 Å². The first-order valence-electron chi connectivity index (χ1n) is 11.4. The van der Waals surface area contributed by atoms with Crippen molar-refractivity contribution in [3.8, 4) is 16.9 Å². The molecule has 0 aliphatic carbocycles. The van der Waals surface area contributed by atoms with E-state index >= 15 is 0 Å². The van der Waals surface area contributed by atoms with Crippen LogP contribution < -0.4 is 10.5 Å². The lowest BCUT2D eigenvalue weighted by atomic mass is 9.78. The summed E-state index contributed by atoms with van der Waals surface area (Å²) < 4.78 is 5.40. The first-order chi connectivity index (χ1) is 16.0. The van der Waals surface area contributed by atoms with Gasteiger partial charge in [0.1, 0.15) is 5.75 Å². The van der Waals surface area contributed by atoms with E-state index in [1.807, 2.05) is 54.6 Å². The van der Waals surface area contributed by atoms with Crippen molar-refractivity contribution in [1.82, 2.24) is 4.90 Å². The number of para-hydroxylation sites is 1. The summed E-state index contributed by atoms with van der Waals surface area (Å²) in [6.07, 6.45) is 2.06. The van der Waals surface area contributed by atoms with Gasteiger partial charge in [-0.1, -0.05) is 72.8 Å². The van der Waals surface area contributed by atoms with E-state index < -0.39 is 5.41 Å². The van der Waals surface area contributed by atoms with Gasteiger partial charge in [0.2, 0.25) is 11.8 Å². The van der Waals surface area contributed by atoms with Crippen LogP contribution in [0.1, 0.15) is 24.0 Å². The molecule has 4 rings (SSSR count). The number of carbonyl (C=O) groups excluding carboxylic acids is 2. The maximum atomic E-state index is 13.0. The van der Waals surface area contributed by atoms with E-state index in [1.165, 1.54) is 0 Å². The van der Waals surface area contributed by atoms with Crippen LogP contribution in [0.5, 0.6) is 5.75 Å². The Morgan fingerprint density at radius 2 is 1.61 bits per heavy atom. The summed E-state index contributed by atoms with van der Waals surface area (Å²) in [5, 5.41) is 0. The number of rotatable bonds is 8. The number of methoxy groups -OCH3 is 1. The lowest BCUT2D eigenvalue weighted by Crippen LogP contribution is -2.42. The number of hydrogen-bond acceptors (Lipinski definition) is 3. The molecule has 0 spiro atoms. The number of nitrogens with two attached hydrogens (primary N) is 1. The monoisotopic (exact) mass is 442 g/mol. The Bertz CT molecular complexity index is 1130. The van der Waals surface area contributed by atoms with Crippen LogP contribution in [0.4, 0.5) is 0 Å². The highest BCUT2D eigenvalue weighted by Gasteiger charge is 2.45. The van der Waals surface area contributed by atoms with Crippen LogP contribution in [-0.2, 0) is 22.4 Å². The molecule has 5 heteroatoms. The maximum absolute atomic E-state index is 13.0. The van der Waals surface area contributed by atoms with Gasteiger partial charge in [-0.3, -0.25) is 9.59 Å². The molecule has 1 aliphatic rings. The van der Waals surface area contributed by atoms with E-state index in [2.05, 4.69) is 24.3 Å². The van der Waals surface area contributed by atoms with Crippen molar-refractivity contribution < 1.29 is 14.3 Å². The number of aryl methyl sites for hydroxylation is 1. The van der Waals surface area contributed by atoms with Crippen molar-refractivity contribution in [1.29, 1.82) is 0 Å². The van der Waals surface area contributed by atoms with Crippen molar-refractivity contribution in [2.75, 3.05) is 20.2 Å². The van der Waals surface area contributed by atoms with Crippen LogP contribution in [0.15, 0.2) is 78.9 Å². The zero-order valence-electron chi connectivity index (χ0n) is 19.0. The van der Waals surface area contributed by atoms with Gasteiger partial charge in [0.25, 0.3) is 0 Å². The second-order valence-electron chi connectivity index (χ2n) is 8.72. The third kappa shape index (κ3) is 4.92. The maximum Gasteiger partial charge on any atom is 0.225 e. The number of likely N-dealkylation sites (tertiary alicyclic amines) is 1. The third-order valence-electron chi connectivity index (χ3n) is 6.66. The highest BCUT2D eigenvalue weighted by molar-refractivity contribution is 5.85. The van der Waals surface area contributed by atoms with Gasteiger partial charge in [-0.25, -0.2) is 0 Å². The molecule has 3 aromatic carbocycles. The Balaban J connectivity index is 1.49. The average molecular weight is 443 g/mol. The van der Waals surface area contributed by atoms with Gasteiger partial charge >= 0.3 is 0 Å². The van der Waals surface area contributed by atoms with Crippen LogP contribution in [-0.4, -0.2) is 36.9 Å². The largest absolute Gasteiger partial charge is 0.496 e. The minimum Gasteiger partial charge on any atom is -0.496 e. The van der Waals surface area contributed by atoms with Crippen LogP contribution in [0, 0.1) is 5.41 Å². The number of amides is 2. The van der Waals surface area contributed by atoms with Crippen molar-refractivity contribution in [2.45, 2.75) is 25.7 Å². The minimum atomic E-state index is -0.759. The topological polar surface area (TPSA) is 72.6 Å². The van der Waals surface area contributed by atoms with E-state index in [-0.39, 0.29) is 11.8 Å². The molecule has 0 saturated carbocycles. The molecule has 33 heavy (non-hydrogen) atoms. The fraction of sp³-hybridized carbons (Fsp3) is 0.286. The highest BCUT2D eigenvalue weighted by atomic mass is 16.5. The summed E-state index contributed by atoms with van der Waals surface area (Å²) in [4.78, 5) is 27.5. The Morgan fingerprint density at radius 3 is 2.33 bits per heavy atom. The van der Waals surface area contributed by atoms with Gasteiger partial charge in [-0.05, 0) is 47.6 Å². The summed E-state index contributed by atoms with van der Waals surface area (Å²) in [6.45, 7) is 0.900. The molecule has 5 nitrogen and oxygen atoms in total. The summed E-state index contributed by atoms with van der Waals surface area (Å²) in [7, 11) is 1.63. The zero-order chi connectivity index (χ0) is 23.3. The van der Waals surface area contributed by atoms with Gasteiger partial charge < -0.3 is 15.4 Å². The smallest absolute Gasteiger partial charge is 0.225 e. The molecule has 2 N–H and O–H groups in total. The minimum absolute atomic E-state index is 0.0420. The normalized spacial score (nSPS) is 17.7. The van der Waals surface area contributed by atoms with Gasteiger partial charge in [-0.2, -0.15) is 0 Å². The number of primary amides is 1. The molecule has 3 aromatic rings. The Morgan fingerprint density at radius 1 is 0.939 bits per heavy atom. The zero-order valence-corrected chi connectivity index (χ0v) is 19.0. The lowest BCUT2D eigenvalue weighted by molar-refractivity contribution is -0.132.